The molecule has 0 aliphatic rings. The van der Waals surface area contributed by atoms with Gasteiger partial charge in [-0.15, -0.1) is 0 Å². The van der Waals surface area contributed by atoms with Crippen LogP contribution in [0.3, 0.4) is 0 Å². The zero-order chi connectivity index (χ0) is 15.4. The summed E-state index contributed by atoms with van der Waals surface area (Å²) in [6, 6.07) is 10.1. The van der Waals surface area contributed by atoms with Crippen molar-refractivity contribution in [2.24, 2.45) is 0 Å². The molecule has 1 N–H and O–H groups in total. The lowest BCUT2D eigenvalue weighted by molar-refractivity contribution is -0.138. The Bertz CT molecular complexity index is 607. The number of rotatable bonds is 6. The molecule has 0 saturated carbocycles. The predicted molar refractivity (Wildman–Crippen MR) is 79.0 cm³/mol. The molecule has 0 aliphatic carbocycles. The number of likely N-dealkylation sites (N-methyl/N-ethyl adjacent to an activating group) is 1. The van der Waals surface area contributed by atoms with Crippen LogP contribution >= 0.6 is 0 Å². The van der Waals surface area contributed by atoms with Gasteiger partial charge in [0, 0.05) is 0 Å². The maximum Gasteiger partial charge on any atom is 0.325 e. The van der Waals surface area contributed by atoms with Gasteiger partial charge in [-0.05, 0) is 33.0 Å². The van der Waals surface area contributed by atoms with E-state index in [1.165, 1.54) is 10.2 Å². The number of hydrogen-bond acceptors (Lipinski definition) is 4. The molecule has 0 bridgehead atoms. The van der Waals surface area contributed by atoms with E-state index < -0.39 is 5.97 Å². The quantitative estimate of drug-likeness (QED) is 0.872. The van der Waals surface area contributed by atoms with Crippen molar-refractivity contribution < 1.29 is 9.90 Å². The van der Waals surface area contributed by atoms with Crippen LogP contribution in [0, 0.1) is 6.92 Å². The van der Waals surface area contributed by atoms with E-state index in [4.69, 9.17) is 5.11 Å². The van der Waals surface area contributed by atoms with Gasteiger partial charge >= 0.3 is 5.97 Å². The van der Waals surface area contributed by atoms with Crippen molar-refractivity contribution in [3.63, 3.8) is 0 Å². The summed E-state index contributed by atoms with van der Waals surface area (Å²) in [6.07, 6.45) is 0.756. The van der Waals surface area contributed by atoms with Crippen LogP contribution in [0.15, 0.2) is 30.3 Å². The molecule has 0 saturated heterocycles. The number of aryl methyl sites for hydroxylation is 1. The predicted octanol–water partition coefficient (Wildman–Crippen LogP) is 1.52. The van der Waals surface area contributed by atoms with Crippen LogP contribution in [-0.4, -0.2) is 44.8 Å². The van der Waals surface area contributed by atoms with Gasteiger partial charge in [-0.3, -0.25) is 9.69 Å². The number of carbonyl (C=O) groups is 1. The van der Waals surface area contributed by atoms with Gasteiger partial charge in [0.2, 0.25) is 0 Å². The van der Waals surface area contributed by atoms with Crippen molar-refractivity contribution in [2.75, 3.05) is 14.1 Å². The molecule has 1 aromatic heterocycles. The zero-order valence-electron chi connectivity index (χ0n) is 12.5. The Balaban J connectivity index is 2.32. The summed E-state index contributed by atoms with van der Waals surface area (Å²) in [5.41, 5.74) is 1.18. The largest absolute Gasteiger partial charge is 0.480 e. The van der Waals surface area contributed by atoms with E-state index in [2.05, 4.69) is 22.2 Å². The number of hydrogen-bond donors (Lipinski definition) is 1. The SMILES string of the molecule is Cc1nc([C@H](Cc2ccccc2)N(C)C)n(CC(=O)O)n1. The Morgan fingerprint density at radius 3 is 2.57 bits per heavy atom. The van der Waals surface area contributed by atoms with Crippen molar-refractivity contribution in [1.29, 1.82) is 0 Å². The van der Waals surface area contributed by atoms with E-state index in [9.17, 15) is 4.79 Å². The van der Waals surface area contributed by atoms with E-state index in [1.54, 1.807) is 6.92 Å². The highest BCUT2D eigenvalue weighted by atomic mass is 16.4. The van der Waals surface area contributed by atoms with Gasteiger partial charge in [0.05, 0.1) is 6.04 Å². The normalized spacial score (nSPS) is 12.6. The molecule has 0 aliphatic heterocycles. The third-order valence-electron chi connectivity index (χ3n) is 3.28. The van der Waals surface area contributed by atoms with E-state index >= 15 is 0 Å². The maximum absolute atomic E-state index is 11.0. The van der Waals surface area contributed by atoms with Crippen LogP contribution in [0.1, 0.15) is 23.3 Å². The fourth-order valence-corrected chi connectivity index (χ4v) is 2.30. The van der Waals surface area contributed by atoms with Gasteiger partial charge in [-0.1, -0.05) is 30.3 Å². The lowest BCUT2D eigenvalue weighted by atomic mass is 10.0. The van der Waals surface area contributed by atoms with Crippen LogP contribution in [0.4, 0.5) is 0 Å². The topological polar surface area (TPSA) is 71.2 Å². The van der Waals surface area contributed by atoms with Gasteiger partial charge in [-0.25, -0.2) is 9.67 Å². The Kier molecular flexibility index (Phi) is 4.70. The molecule has 1 atom stereocenters. The molecule has 1 heterocycles. The van der Waals surface area contributed by atoms with Crippen LogP contribution in [0.25, 0.3) is 0 Å². The van der Waals surface area contributed by atoms with Crippen molar-refractivity contribution in [2.45, 2.75) is 25.9 Å². The van der Waals surface area contributed by atoms with Gasteiger partial charge in [0.15, 0.2) is 0 Å². The first kappa shape index (κ1) is 15.2. The van der Waals surface area contributed by atoms with E-state index in [0.29, 0.717) is 11.6 Å². The van der Waals surface area contributed by atoms with E-state index in [0.717, 1.165) is 6.42 Å². The minimum absolute atomic E-state index is 0.0204. The average Bonchev–Trinajstić information content (AvgIpc) is 2.76. The highest BCUT2D eigenvalue weighted by molar-refractivity contribution is 5.66. The lowest BCUT2D eigenvalue weighted by Crippen LogP contribution is -2.27. The monoisotopic (exact) mass is 288 g/mol. The Morgan fingerprint density at radius 1 is 1.33 bits per heavy atom. The third-order valence-corrected chi connectivity index (χ3v) is 3.28. The number of benzene rings is 1. The first-order valence-electron chi connectivity index (χ1n) is 6.81. The Hall–Kier alpha value is -2.21. The summed E-state index contributed by atoms with van der Waals surface area (Å²) in [7, 11) is 3.92. The number of nitrogens with zero attached hydrogens (tertiary/aromatic N) is 4. The van der Waals surface area contributed by atoms with Crippen molar-refractivity contribution in [3.05, 3.63) is 47.5 Å². The average molecular weight is 288 g/mol. The van der Waals surface area contributed by atoms with Crippen LogP contribution in [0.2, 0.25) is 0 Å². The molecule has 0 spiro atoms. The third kappa shape index (κ3) is 3.88. The molecule has 0 amide bonds. The standard InChI is InChI=1S/C15H20N4O2/c1-11-16-15(19(17-11)10-14(20)21)13(18(2)3)9-12-7-5-4-6-8-12/h4-8,13H,9-10H2,1-3H3,(H,20,21)/t13-/m0/s1. The zero-order valence-corrected chi connectivity index (χ0v) is 12.5. The number of carboxylic acid groups (broad SMARTS) is 1. The molecule has 2 rings (SSSR count). The number of aromatic nitrogens is 3. The summed E-state index contributed by atoms with van der Waals surface area (Å²) in [4.78, 5) is 17.4. The summed E-state index contributed by atoms with van der Waals surface area (Å²) < 4.78 is 1.48. The van der Waals surface area contributed by atoms with Gasteiger partial charge in [0.1, 0.15) is 18.2 Å². The van der Waals surface area contributed by atoms with Crippen molar-refractivity contribution in [3.8, 4) is 0 Å². The lowest BCUT2D eigenvalue weighted by Gasteiger charge is -2.23. The first-order chi connectivity index (χ1) is 9.97. The summed E-state index contributed by atoms with van der Waals surface area (Å²) in [5.74, 6) is 0.355. The van der Waals surface area contributed by atoms with Gasteiger partial charge in [0.25, 0.3) is 0 Å². The Labute approximate surface area is 124 Å². The van der Waals surface area contributed by atoms with E-state index in [-0.39, 0.29) is 12.6 Å². The molecular formula is C15H20N4O2. The van der Waals surface area contributed by atoms with Gasteiger partial charge < -0.3 is 5.11 Å². The summed E-state index contributed by atoms with van der Waals surface area (Å²) in [6.45, 7) is 1.60. The van der Waals surface area contributed by atoms with Crippen molar-refractivity contribution >= 4 is 5.97 Å². The molecule has 1 aromatic carbocycles. The minimum atomic E-state index is -0.918. The molecule has 6 nitrogen and oxygen atoms in total. The second-order valence-electron chi connectivity index (χ2n) is 5.24. The molecule has 112 valence electrons. The molecule has 0 fully saturated rings. The minimum Gasteiger partial charge on any atom is -0.480 e. The number of carboxylic acids is 1. The molecule has 6 heteroatoms. The molecule has 0 unspecified atom stereocenters. The molecular weight excluding hydrogens is 268 g/mol. The second kappa shape index (κ2) is 6.49. The van der Waals surface area contributed by atoms with Crippen LogP contribution in [-0.2, 0) is 17.8 Å². The van der Waals surface area contributed by atoms with Crippen LogP contribution < -0.4 is 0 Å². The smallest absolute Gasteiger partial charge is 0.325 e. The highest BCUT2D eigenvalue weighted by Gasteiger charge is 2.22. The maximum atomic E-state index is 11.0. The fourth-order valence-electron chi connectivity index (χ4n) is 2.30. The highest BCUT2D eigenvalue weighted by Crippen LogP contribution is 2.21. The molecule has 0 radical (unpaired) electrons. The first-order valence-corrected chi connectivity index (χ1v) is 6.81. The van der Waals surface area contributed by atoms with E-state index in [1.807, 2.05) is 37.2 Å². The summed E-state index contributed by atoms with van der Waals surface area (Å²) >= 11 is 0. The fraction of sp³-hybridized carbons (Fsp3) is 0.400. The second-order valence-corrected chi connectivity index (χ2v) is 5.24. The van der Waals surface area contributed by atoms with Gasteiger partial charge in [-0.2, -0.15) is 5.10 Å². The Morgan fingerprint density at radius 2 is 2.00 bits per heavy atom. The summed E-state index contributed by atoms with van der Waals surface area (Å²) in [5, 5.41) is 13.2. The number of aliphatic carboxylic acids is 1. The molecule has 21 heavy (non-hydrogen) atoms. The van der Waals surface area contributed by atoms with Crippen LogP contribution in [0.5, 0.6) is 0 Å². The van der Waals surface area contributed by atoms with Crippen molar-refractivity contribution in [1.82, 2.24) is 19.7 Å². The molecule has 2 aromatic rings.